The van der Waals surface area contributed by atoms with E-state index in [4.69, 9.17) is 0 Å². The quantitative estimate of drug-likeness (QED) is 0.446. The van der Waals surface area contributed by atoms with Crippen molar-refractivity contribution in [3.63, 3.8) is 0 Å². The summed E-state index contributed by atoms with van der Waals surface area (Å²) in [5.41, 5.74) is 0.873. The molecule has 1 aromatic rings. The van der Waals surface area contributed by atoms with Crippen molar-refractivity contribution in [1.82, 2.24) is 0 Å². The fourth-order valence-electron chi connectivity index (χ4n) is 1.38. The van der Waals surface area contributed by atoms with Crippen molar-refractivity contribution in [2.24, 2.45) is 0 Å². The smallest absolute Gasteiger partial charge is 0.344 e. The molecule has 0 saturated heterocycles. The van der Waals surface area contributed by atoms with Crippen LogP contribution in [0.4, 0.5) is 0 Å². The SMILES string of the molecule is CCOC(=O)[C@H](OS(=O)(=O)c1ccc(C)cc1)C(C)=O. The van der Waals surface area contributed by atoms with Crippen LogP contribution in [0.5, 0.6) is 0 Å². The fraction of sp³-hybridized carbons (Fsp3) is 0.385. The molecule has 0 aliphatic carbocycles. The summed E-state index contributed by atoms with van der Waals surface area (Å²) in [6.07, 6.45) is -1.78. The van der Waals surface area contributed by atoms with E-state index in [1.807, 2.05) is 0 Å². The maximum absolute atomic E-state index is 12.0. The van der Waals surface area contributed by atoms with E-state index in [2.05, 4.69) is 8.92 Å². The van der Waals surface area contributed by atoms with Gasteiger partial charge in [0, 0.05) is 0 Å². The van der Waals surface area contributed by atoms with Crippen molar-refractivity contribution >= 4 is 21.9 Å². The van der Waals surface area contributed by atoms with Crippen LogP contribution < -0.4 is 0 Å². The van der Waals surface area contributed by atoms with E-state index < -0.39 is 28.0 Å². The number of Topliss-reactive ketones (excluding diaryl/α,β-unsaturated/α-hetero) is 1. The van der Waals surface area contributed by atoms with Crippen LogP contribution in [0.15, 0.2) is 29.2 Å². The molecule has 0 spiro atoms. The molecule has 0 saturated carbocycles. The van der Waals surface area contributed by atoms with Gasteiger partial charge in [-0.05, 0) is 32.9 Å². The number of hydrogen-bond donors (Lipinski definition) is 0. The molecule has 20 heavy (non-hydrogen) atoms. The minimum Gasteiger partial charge on any atom is -0.464 e. The highest BCUT2D eigenvalue weighted by Crippen LogP contribution is 2.16. The predicted molar refractivity (Wildman–Crippen MR) is 70.6 cm³/mol. The summed E-state index contributed by atoms with van der Waals surface area (Å²) < 4.78 is 33.3. The lowest BCUT2D eigenvalue weighted by atomic mass is 10.2. The molecule has 0 heterocycles. The lowest BCUT2D eigenvalue weighted by Crippen LogP contribution is -2.35. The van der Waals surface area contributed by atoms with Gasteiger partial charge < -0.3 is 4.74 Å². The molecule has 1 aromatic carbocycles. The summed E-state index contributed by atoms with van der Waals surface area (Å²) in [7, 11) is -4.21. The molecule has 1 rings (SSSR count). The highest BCUT2D eigenvalue weighted by Gasteiger charge is 2.32. The third-order valence-corrected chi connectivity index (χ3v) is 3.70. The molecule has 7 heteroatoms. The Morgan fingerprint density at radius 3 is 2.20 bits per heavy atom. The van der Waals surface area contributed by atoms with E-state index in [1.165, 1.54) is 12.1 Å². The molecular weight excluding hydrogens is 284 g/mol. The van der Waals surface area contributed by atoms with Crippen LogP contribution in [0.2, 0.25) is 0 Å². The Morgan fingerprint density at radius 1 is 1.20 bits per heavy atom. The summed E-state index contributed by atoms with van der Waals surface area (Å²) in [6.45, 7) is 4.43. The zero-order valence-electron chi connectivity index (χ0n) is 11.5. The molecule has 0 aliphatic heterocycles. The Morgan fingerprint density at radius 2 is 1.75 bits per heavy atom. The lowest BCUT2D eigenvalue weighted by molar-refractivity contribution is -0.154. The number of carbonyl (C=O) groups is 2. The summed E-state index contributed by atoms with van der Waals surface area (Å²) in [4.78, 5) is 22.7. The Hall–Kier alpha value is -1.73. The first-order valence-electron chi connectivity index (χ1n) is 5.95. The first kappa shape index (κ1) is 16.3. The monoisotopic (exact) mass is 300 g/mol. The molecule has 0 aliphatic rings. The standard InChI is InChI=1S/C13H16O6S/c1-4-18-13(15)12(10(3)14)19-20(16,17)11-7-5-9(2)6-8-11/h5-8,12H,4H2,1-3H3/t12-/m1/s1. The van der Waals surface area contributed by atoms with Crippen molar-refractivity contribution in [2.75, 3.05) is 6.61 Å². The highest BCUT2D eigenvalue weighted by atomic mass is 32.2. The Bertz CT molecular complexity index is 588. The van der Waals surface area contributed by atoms with Crippen LogP contribution in [0.25, 0.3) is 0 Å². The maximum atomic E-state index is 12.0. The molecule has 0 fully saturated rings. The number of aryl methyl sites for hydroxylation is 1. The van der Waals surface area contributed by atoms with Crippen LogP contribution >= 0.6 is 0 Å². The van der Waals surface area contributed by atoms with Crippen molar-refractivity contribution in [1.29, 1.82) is 0 Å². The van der Waals surface area contributed by atoms with Crippen LogP contribution in [0, 0.1) is 6.92 Å². The van der Waals surface area contributed by atoms with Gasteiger partial charge in [0.1, 0.15) is 0 Å². The Kier molecular flexibility index (Phi) is 5.41. The molecule has 0 aromatic heterocycles. The van der Waals surface area contributed by atoms with Gasteiger partial charge in [0.05, 0.1) is 11.5 Å². The number of benzene rings is 1. The molecular formula is C13H16O6S. The molecule has 6 nitrogen and oxygen atoms in total. The molecule has 0 radical (unpaired) electrons. The zero-order valence-corrected chi connectivity index (χ0v) is 12.3. The van der Waals surface area contributed by atoms with Crippen LogP contribution in [0.1, 0.15) is 19.4 Å². The summed E-state index contributed by atoms with van der Waals surface area (Å²) in [6, 6.07) is 5.85. The van der Waals surface area contributed by atoms with E-state index in [-0.39, 0.29) is 11.5 Å². The number of carbonyl (C=O) groups excluding carboxylic acids is 2. The molecule has 0 amide bonds. The van der Waals surface area contributed by atoms with E-state index in [1.54, 1.807) is 26.0 Å². The molecule has 110 valence electrons. The summed E-state index contributed by atoms with van der Waals surface area (Å²) >= 11 is 0. The van der Waals surface area contributed by atoms with Crippen LogP contribution in [-0.4, -0.2) is 32.9 Å². The van der Waals surface area contributed by atoms with Gasteiger partial charge in [-0.15, -0.1) is 0 Å². The molecule has 0 bridgehead atoms. The van der Waals surface area contributed by atoms with Gasteiger partial charge in [-0.25, -0.2) is 8.98 Å². The van der Waals surface area contributed by atoms with Gasteiger partial charge in [-0.1, -0.05) is 17.7 Å². The van der Waals surface area contributed by atoms with Crippen molar-refractivity contribution in [3.05, 3.63) is 29.8 Å². The minimum absolute atomic E-state index is 0.0244. The third-order valence-electron chi connectivity index (χ3n) is 2.40. The van der Waals surface area contributed by atoms with Gasteiger partial charge in [0.25, 0.3) is 10.1 Å². The van der Waals surface area contributed by atoms with Crippen molar-refractivity contribution < 1.29 is 26.9 Å². The number of rotatable bonds is 6. The van der Waals surface area contributed by atoms with Gasteiger partial charge >= 0.3 is 5.97 Å². The first-order chi connectivity index (χ1) is 9.27. The zero-order chi connectivity index (χ0) is 15.3. The average Bonchev–Trinajstić information content (AvgIpc) is 2.36. The second-order valence-corrected chi connectivity index (χ2v) is 5.68. The summed E-state index contributed by atoms with van der Waals surface area (Å²) in [5, 5.41) is 0. The molecule has 0 unspecified atom stereocenters. The van der Waals surface area contributed by atoms with Crippen LogP contribution in [0.3, 0.4) is 0 Å². The van der Waals surface area contributed by atoms with E-state index in [0.29, 0.717) is 0 Å². The van der Waals surface area contributed by atoms with Gasteiger partial charge in [0.2, 0.25) is 6.10 Å². The third kappa shape index (κ3) is 4.14. The fourth-order valence-corrected chi connectivity index (χ4v) is 2.43. The first-order valence-corrected chi connectivity index (χ1v) is 7.35. The number of ether oxygens (including phenoxy) is 1. The lowest BCUT2D eigenvalue weighted by Gasteiger charge is -2.13. The number of ketones is 1. The van der Waals surface area contributed by atoms with Gasteiger partial charge in [0.15, 0.2) is 5.78 Å². The number of hydrogen-bond acceptors (Lipinski definition) is 6. The second kappa shape index (κ2) is 6.62. The minimum atomic E-state index is -4.21. The Balaban J connectivity index is 3.00. The molecule has 0 N–H and O–H groups in total. The van der Waals surface area contributed by atoms with Crippen molar-refractivity contribution in [3.8, 4) is 0 Å². The molecule has 1 atom stereocenters. The largest absolute Gasteiger partial charge is 0.464 e. The topological polar surface area (TPSA) is 86.7 Å². The predicted octanol–water partition coefficient (Wildman–Crippen LogP) is 1.22. The van der Waals surface area contributed by atoms with Gasteiger partial charge in [-0.3, -0.25) is 4.79 Å². The normalized spacial score (nSPS) is 12.8. The maximum Gasteiger partial charge on any atom is 0.344 e. The van der Waals surface area contributed by atoms with E-state index in [9.17, 15) is 18.0 Å². The van der Waals surface area contributed by atoms with Crippen LogP contribution in [-0.2, 0) is 28.6 Å². The van der Waals surface area contributed by atoms with E-state index in [0.717, 1.165) is 12.5 Å². The average molecular weight is 300 g/mol. The number of esters is 1. The Labute approximate surface area is 117 Å². The van der Waals surface area contributed by atoms with E-state index >= 15 is 0 Å². The second-order valence-electron chi connectivity index (χ2n) is 4.11. The van der Waals surface area contributed by atoms with Gasteiger partial charge in [-0.2, -0.15) is 8.42 Å². The summed E-state index contributed by atoms with van der Waals surface area (Å²) in [5.74, 6) is -1.75. The van der Waals surface area contributed by atoms with Crippen molar-refractivity contribution in [2.45, 2.75) is 31.8 Å². The highest BCUT2D eigenvalue weighted by molar-refractivity contribution is 7.86.